The minimum atomic E-state index is -0.418. The molecule has 0 atom stereocenters. The predicted molar refractivity (Wildman–Crippen MR) is 175 cm³/mol. The smallest absolute Gasteiger partial charge is 0.331 e. The lowest BCUT2D eigenvalue weighted by Gasteiger charge is -2.34. The van der Waals surface area contributed by atoms with Crippen molar-refractivity contribution in [3.8, 4) is 0 Å². The second-order valence-corrected chi connectivity index (χ2v) is 11.0. The van der Waals surface area contributed by atoms with Crippen LogP contribution in [0, 0.1) is 0 Å². The molecule has 1 aliphatic rings. The maximum atomic E-state index is 13.3. The Balaban J connectivity index is 0.00000442. The van der Waals surface area contributed by atoms with Crippen LogP contribution in [0.15, 0.2) is 94.5 Å². The number of halogens is 1. The maximum Gasteiger partial charge on any atom is 0.331 e. The normalized spacial score (nSPS) is 14.0. The number of hydrogen-bond acceptors (Lipinski definition) is 6. The first-order valence-electron chi connectivity index (χ1n) is 15.4. The molecule has 0 N–H and O–H groups in total. The molecule has 0 amide bonds. The van der Waals surface area contributed by atoms with E-state index in [0.29, 0.717) is 17.4 Å². The number of benzene rings is 3. The molecule has 3 aromatic carbocycles. The summed E-state index contributed by atoms with van der Waals surface area (Å²) >= 11 is 0. The van der Waals surface area contributed by atoms with Gasteiger partial charge >= 0.3 is 11.7 Å². The number of unbranched alkanes of at least 4 members (excludes halogenated alkanes) is 1. The Morgan fingerprint density at radius 2 is 1.39 bits per heavy atom. The van der Waals surface area contributed by atoms with E-state index in [-0.39, 0.29) is 55.4 Å². The molecular weight excluding hydrogens is 578 g/mol. The first-order valence-corrected chi connectivity index (χ1v) is 15.4. The summed E-state index contributed by atoms with van der Waals surface area (Å²) in [7, 11) is 0. The van der Waals surface area contributed by atoms with Crippen LogP contribution in [-0.4, -0.2) is 52.3 Å². The van der Waals surface area contributed by atoms with Crippen molar-refractivity contribution < 1.29 is 14.3 Å². The van der Waals surface area contributed by atoms with Crippen molar-refractivity contribution in [1.29, 1.82) is 0 Å². The van der Waals surface area contributed by atoms with Crippen molar-refractivity contribution >= 4 is 29.3 Å². The monoisotopic (exact) mass is 619 g/mol. The molecule has 0 unspecified atom stereocenters. The number of carbonyl (C=O) groups excluding carboxylic acids is 1. The third-order valence-electron chi connectivity index (χ3n) is 8.15. The fourth-order valence-electron chi connectivity index (χ4n) is 5.89. The SMILES string of the molecule is CCOC(=O)CCn1c(=O)c2ccccc2n(CCCCN2CCC(OC(c3ccccc3)c3ccccc3)CC2)c1=O.Cl. The van der Waals surface area contributed by atoms with Crippen molar-refractivity contribution in [3.63, 3.8) is 0 Å². The topological polar surface area (TPSA) is 82.8 Å². The third-order valence-corrected chi connectivity index (χ3v) is 8.15. The van der Waals surface area contributed by atoms with Gasteiger partial charge in [0.15, 0.2) is 0 Å². The highest BCUT2D eigenvalue weighted by atomic mass is 35.5. The van der Waals surface area contributed by atoms with E-state index in [1.807, 2.05) is 24.3 Å². The van der Waals surface area contributed by atoms with E-state index < -0.39 is 5.97 Å². The van der Waals surface area contributed by atoms with Crippen LogP contribution < -0.4 is 11.2 Å². The summed E-state index contributed by atoms with van der Waals surface area (Å²) in [5.74, 6) is -0.418. The van der Waals surface area contributed by atoms with Crippen molar-refractivity contribution in [2.75, 3.05) is 26.2 Å². The zero-order valence-corrected chi connectivity index (χ0v) is 26.1. The van der Waals surface area contributed by atoms with Crippen LogP contribution in [0.25, 0.3) is 10.9 Å². The number of rotatable bonds is 13. The molecule has 5 rings (SSSR count). The number of carbonyl (C=O) groups is 1. The molecule has 44 heavy (non-hydrogen) atoms. The molecule has 8 nitrogen and oxygen atoms in total. The van der Waals surface area contributed by atoms with Gasteiger partial charge in [-0.2, -0.15) is 0 Å². The number of piperidine rings is 1. The first-order chi connectivity index (χ1) is 21.0. The standard InChI is InChI=1S/C35H41N3O5.ClH/c1-2-42-32(39)21-26-38-34(40)30-17-9-10-18-31(30)37(35(38)41)23-12-11-22-36-24-19-29(20-25-36)43-33(27-13-5-3-6-14-27)28-15-7-4-8-16-28;/h3-10,13-18,29,33H,2,11-12,19-26H2,1H3;1H. The molecule has 1 fully saturated rings. The number of aromatic nitrogens is 2. The van der Waals surface area contributed by atoms with Gasteiger partial charge in [0.05, 0.1) is 30.0 Å². The molecule has 4 aromatic rings. The quantitative estimate of drug-likeness (QED) is 0.143. The number of fused-ring (bicyclic) bond motifs is 1. The van der Waals surface area contributed by atoms with Gasteiger partial charge < -0.3 is 14.4 Å². The maximum absolute atomic E-state index is 13.3. The van der Waals surface area contributed by atoms with E-state index in [4.69, 9.17) is 9.47 Å². The van der Waals surface area contributed by atoms with Crippen molar-refractivity contribution in [2.45, 2.75) is 64.3 Å². The van der Waals surface area contributed by atoms with Gasteiger partial charge in [-0.15, -0.1) is 12.4 Å². The predicted octanol–water partition coefficient (Wildman–Crippen LogP) is 5.59. The van der Waals surface area contributed by atoms with E-state index >= 15 is 0 Å². The van der Waals surface area contributed by atoms with Crippen molar-refractivity contribution in [3.05, 3.63) is 117 Å². The summed E-state index contributed by atoms with van der Waals surface area (Å²) in [6.45, 7) is 5.41. The second kappa shape index (κ2) is 16.4. The van der Waals surface area contributed by atoms with E-state index in [9.17, 15) is 14.4 Å². The number of para-hydroxylation sites is 1. The highest BCUT2D eigenvalue weighted by molar-refractivity contribution is 5.85. The van der Waals surface area contributed by atoms with E-state index in [1.165, 1.54) is 15.7 Å². The number of aryl methyl sites for hydroxylation is 1. The van der Waals surface area contributed by atoms with Crippen molar-refractivity contribution in [1.82, 2.24) is 14.0 Å². The number of hydrogen-bond donors (Lipinski definition) is 0. The minimum Gasteiger partial charge on any atom is -0.466 e. The highest BCUT2D eigenvalue weighted by Gasteiger charge is 2.24. The van der Waals surface area contributed by atoms with Gasteiger partial charge in [-0.3, -0.25) is 18.7 Å². The summed E-state index contributed by atoms with van der Waals surface area (Å²) in [6, 6.07) is 28.0. The first kappa shape index (κ1) is 33.2. The molecule has 1 saturated heterocycles. The van der Waals surface area contributed by atoms with Crippen LogP contribution in [0.4, 0.5) is 0 Å². The van der Waals surface area contributed by atoms with Gasteiger partial charge in [0.2, 0.25) is 0 Å². The molecule has 234 valence electrons. The van der Waals surface area contributed by atoms with Gasteiger partial charge in [-0.05, 0) is 62.4 Å². The fraction of sp³-hybridized carbons (Fsp3) is 0.400. The lowest BCUT2D eigenvalue weighted by molar-refractivity contribution is -0.143. The van der Waals surface area contributed by atoms with E-state index in [1.54, 1.807) is 23.6 Å². The van der Waals surface area contributed by atoms with Crippen LogP contribution in [0.1, 0.15) is 56.3 Å². The Bertz CT molecular complexity index is 1560. The zero-order chi connectivity index (χ0) is 30.0. The molecule has 0 spiro atoms. The number of likely N-dealkylation sites (tertiary alicyclic amines) is 1. The Hall–Kier alpha value is -3.72. The van der Waals surface area contributed by atoms with Crippen LogP contribution in [0.3, 0.4) is 0 Å². The average Bonchev–Trinajstić information content (AvgIpc) is 3.05. The third kappa shape index (κ3) is 8.25. The molecular formula is C35H42ClN3O5. The van der Waals surface area contributed by atoms with Gasteiger partial charge in [0, 0.05) is 26.2 Å². The fourth-order valence-corrected chi connectivity index (χ4v) is 5.89. The van der Waals surface area contributed by atoms with Gasteiger partial charge in [-0.1, -0.05) is 72.8 Å². The summed E-state index contributed by atoms with van der Waals surface area (Å²) in [5.41, 5.74) is 2.23. The summed E-state index contributed by atoms with van der Waals surface area (Å²) in [6.07, 6.45) is 3.80. The number of nitrogens with zero attached hydrogens (tertiary/aromatic N) is 3. The van der Waals surface area contributed by atoms with Gasteiger partial charge in [0.1, 0.15) is 6.10 Å². The summed E-state index contributed by atoms with van der Waals surface area (Å²) in [5, 5.41) is 0.484. The average molecular weight is 620 g/mol. The van der Waals surface area contributed by atoms with Crippen LogP contribution >= 0.6 is 12.4 Å². The number of ether oxygens (including phenoxy) is 2. The largest absolute Gasteiger partial charge is 0.466 e. The molecule has 0 bridgehead atoms. The van der Waals surface area contributed by atoms with Crippen LogP contribution in [0.2, 0.25) is 0 Å². The highest BCUT2D eigenvalue weighted by Crippen LogP contribution is 2.30. The van der Waals surface area contributed by atoms with Crippen molar-refractivity contribution in [2.24, 2.45) is 0 Å². The summed E-state index contributed by atoms with van der Waals surface area (Å²) < 4.78 is 14.5. The molecule has 1 aliphatic heterocycles. The lowest BCUT2D eigenvalue weighted by atomic mass is 10.00. The number of esters is 1. The Kier molecular flexibility index (Phi) is 12.4. The molecule has 9 heteroatoms. The Labute approximate surface area is 264 Å². The summed E-state index contributed by atoms with van der Waals surface area (Å²) in [4.78, 5) is 40.8. The zero-order valence-electron chi connectivity index (χ0n) is 25.3. The Morgan fingerprint density at radius 1 is 0.795 bits per heavy atom. The van der Waals surface area contributed by atoms with Gasteiger partial charge in [0.25, 0.3) is 5.56 Å². The molecule has 0 aliphatic carbocycles. The van der Waals surface area contributed by atoms with Crippen LogP contribution in [0.5, 0.6) is 0 Å². The molecule has 0 saturated carbocycles. The van der Waals surface area contributed by atoms with Crippen LogP contribution in [-0.2, 0) is 27.4 Å². The molecule has 1 aromatic heterocycles. The molecule has 2 heterocycles. The Morgan fingerprint density at radius 3 is 2.02 bits per heavy atom. The molecule has 0 radical (unpaired) electrons. The van der Waals surface area contributed by atoms with Gasteiger partial charge in [-0.25, -0.2) is 4.79 Å². The minimum absolute atomic E-state index is 0. The second-order valence-electron chi connectivity index (χ2n) is 11.0. The van der Waals surface area contributed by atoms with E-state index in [0.717, 1.165) is 45.3 Å². The lowest BCUT2D eigenvalue weighted by Crippen LogP contribution is -2.41. The van der Waals surface area contributed by atoms with E-state index in [2.05, 4.69) is 53.4 Å².